The first-order chi connectivity index (χ1) is 15.7. The van der Waals surface area contributed by atoms with Crippen molar-refractivity contribution in [3.63, 3.8) is 0 Å². The van der Waals surface area contributed by atoms with E-state index in [1.807, 2.05) is 19.1 Å². The first kappa shape index (κ1) is 24.0. The number of benzene rings is 1. The van der Waals surface area contributed by atoms with Crippen molar-refractivity contribution in [2.75, 3.05) is 19.8 Å². The van der Waals surface area contributed by atoms with Crippen molar-refractivity contribution in [1.82, 2.24) is 0 Å². The SMILES string of the molecule is CC=CCO[C@@H]1CO[C@@H](c2ccc(C34CCC(CCCCCCC)(CC3)CC4)cc2)CO1. The van der Waals surface area contributed by atoms with E-state index in [9.17, 15) is 0 Å². The Labute approximate surface area is 195 Å². The van der Waals surface area contributed by atoms with E-state index in [4.69, 9.17) is 14.2 Å². The van der Waals surface area contributed by atoms with Crippen LogP contribution in [0, 0.1) is 5.41 Å². The summed E-state index contributed by atoms with van der Waals surface area (Å²) >= 11 is 0. The summed E-state index contributed by atoms with van der Waals surface area (Å²) in [4.78, 5) is 0. The van der Waals surface area contributed by atoms with Gasteiger partial charge >= 0.3 is 0 Å². The average Bonchev–Trinajstić information content (AvgIpc) is 2.86. The standard InChI is InChI=1S/C29H44O3/c1-3-5-7-8-9-14-28-15-18-29(19-16-28,20-17-28)25-12-10-24(11-13-25)26-22-32-27(23-31-26)30-21-6-4-2/h4,6,10-13,26-27H,3,5,7-9,14-23H2,1-2H3/t26-,27+,28?,29?/m1/s1. The molecule has 1 aromatic carbocycles. The zero-order chi connectivity index (χ0) is 22.3. The van der Waals surface area contributed by atoms with Crippen molar-refractivity contribution in [2.45, 2.75) is 109 Å². The molecule has 0 amide bonds. The molecule has 32 heavy (non-hydrogen) atoms. The monoisotopic (exact) mass is 440 g/mol. The van der Waals surface area contributed by atoms with Crippen LogP contribution in [0.15, 0.2) is 36.4 Å². The van der Waals surface area contributed by atoms with Crippen molar-refractivity contribution in [2.24, 2.45) is 5.41 Å². The summed E-state index contributed by atoms with van der Waals surface area (Å²) in [6.07, 6.45) is 20.8. The number of ether oxygens (including phenoxy) is 3. The molecular formula is C29H44O3. The largest absolute Gasteiger partial charge is 0.366 e. The molecule has 4 fully saturated rings. The lowest BCUT2D eigenvalue weighted by molar-refractivity contribution is -0.232. The first-order valence-electron chi connectivity index (χ1n) is 13.3. The molecule has 3 heteroatoms. The Morgan fingerprint density at radius 3 is 2.25 bits per heavy atom. The van der Waals surface area contributed by atoms with E-state index in [1.54, 1.807) is 5.56 Å². The number of unbranched alkanes of at least 4 members (excludes halogenated alkanes) is 4. The maximum absolute atomic E-state index is 6.05. The highest BCUT2D eigenvalue weighted by molar-refractivity contribution is 5.32. The first-order valence-corrected chi connectivity index (χ1v) is 13.3. The molecule has 3 saturated carbocycles. The lowest BCUT2D eigenvalue weighted by Crippen LogP contribution is -2.44. The molecule has 0 radical (unpaired) electrons. The highest BCUT2D eigenvalue weighted by atomic mass is 16.7. The summed E-state index contributed by atoms with van der Waals surface area (Å²) in [6, 6.07) is 9.33. The van der Waals surface area contributed by atoms with Crippen LogP contribution in [0.25, 0.3) is 0 Å². The Balaban J connectivity index is 1.26. The van der Waals surface area contributed by atoms with Crippen molar-refractivity contribution in [3.8, 4) is 0 Å². The van der Waals surface area contributed by atoms with Gasteiger partial charge in [-0.2, -0.15) is 0 Å². The topological polar surface area (TPSA) is 27.7 Å². The van der Waals surface area contributed by atoms with Gasteiger partial charge in [-0.1, -0.05) is 75.4 Å². The highest BCUT2D eigenvalue weighted by Crippen LogP contribution is 2.59. The molecule has 0 aromatic heterocycles. The van der Waals surface area contributed by atoms with Gasteiger partial charge in [-0.05, 0) is 73.8 Å². The minimum absolute atomic E-state index is 0.0150. The maximum Gasteiger partial charge on any atom is 0.181 e. The Morgan fingerprint density at radius 2 is 1.62 bits per heavy atom. The van der Waals surface area contributed by atoms with Crippen LogP contribution in [0.2, 0.25) is 0 Å². The Morgan fingerprint density at radius 1 is 0.906 bits per heavy atom. The van der Waals surface area contributed by atoms with E-state index >= 15 is 0 Å². The smallest absolute Gasteiger partial charge is 0.181 e. The molecule has 5 rings (SSSR count). The van der Waals surface area contributed by atoms with E-state index < -0.39 is 0 Å². The molecule has 1 aromatic rings. The van der Waals surface area contributed by atoms with Gasteiger partial charge in [0.15, 0.2) is 6.29 Å². The Bertz CT molecular complexity index is 690. The van der Waals surface area contributed by atoms with Crippen LogP contribution in [0.4, 0.5) is 0 Å². The number of hydrogen-bond donors (Lipinski definition) is 0. The molecule has 2 bridgehead atoms. The van der Waals surface area contributed by atoms with Crippen LogP contribution in [-0.4, -0.2) is 26.1 Å². The normalized spacial score (nSPS) is 32.6. The lowest BCUT2D eigenvalue weighted by Gasteiger charge is -2.54. The average molecular weight is 441 g/mol. The maximum atomic E-state index is 6.05. The van der Waals surface area contributed by atoms with Gasteiger partial charge in [0.1, 0.15) is 6.10 Å². The van der Waals surface area contributed by atoms with Crippen LogP contribution in [0.1, 0.15) is 108 Å². The molecule has 0 spiro atoms. The molecule has 1 aliphatic heterocycles. The van der Waals surface area contributed by atoms with Crippen LogP contribution >= 0.6 is 0 Å². The van der Waals surface area contributed by atoms with Gasteiger partial charge < -0.3 is 14.2 Å². The summed E-state index contributed by atoms with van der Waals surface area (Å²) in [7, 11) is 0. The third-order valence-corrected chi connectivity index (χ3v) is 8.59. The quantitative estimate of drug-likeness (QED) is 0.261. The molecule has 2 atom stereocenters. The number of hydrogen-bond acceptors (Lipinski definition) is 3. The van der Waals surface area contributed by atoms with Crippen LogP contribution in [0.5, 0.6) is 0 Å². The molecular weight excluding hydrogens is 396 g/mol. The molecule has 3 nitrogen and oxygen atoms in total. The number of fused-ring (bicyclic) bond motifs is 3. The number of allylic oxidation sites excluding steroid dienone is 1. The molecule has 4 aliphatic rings. The third kappa shape index (κ3) is 5.66. The molecule has 0 unspecified atom stereocenters. The zero-order valence-corrected chi connectivity index (χ0v) is 20.5. The van der Waals surface area contributed by atoms with Crippen LogP contribution in [-0.2, 0) is 19.6 Å². The van der Waals surface area contributed by atoms with Gasteiger partial charge in [-0.15, -0.1) is 0 Å². The molecule has 178 valence electrons. The summed E-state index contributed by atoms with van der Waals surface area (Å²) in [5.74, 6) is 0. The van der Waals surface area contributed by atoms with Crippen molar-refractivity contribution in [1.29, 1.82) is 0 Å². The fourth-order valence-corrected chi connectivity index (χ4v) is 6.26. The fourth-order valence-electron chi connectivity index (χ4n) is 6.26. The molecule has 3 aliphatic carbocycles. The van der Waals surface area contributed by atoms with Gasteiger partial charge in [-0.25, -0.2) is 0 Å². The second-order valence-electron chi connectivity index (χ2n) is 10.6. The molecule has 1 heterocycles. The van der Waals surface area contributed by atoms with Gasteiger partial charge in [0.25, 0.3) is 0 Å². The van der Waals surface area contributed by atoms with E-state index in [1.165, 1.54) is 82.6 Å². The van der Waals surface area contributed by atoms with E-state index in [0.717, 1.165) is 0 Å². The molecule has 1 saturated heterocycles. The summed E-state index contributed by atoms with van der Waals surface area (Å²) < 4.78 is 17.6. The van der Waals surface area contributed by atoms with Crippen LogP contribution in [0.3, 0.4) is 0 Å². The summed E-state index contributed by atoms with van der Waals surface area (Å²) in [5.41, 5.74) is 3.89. The molecule has 0 N–H and O–H groups in total. The fraction of sp³-hybridized carbons (Fsp3) is 0.724. The van der Waals surface area contributed by atoms with Gasteiger partial charge in [0, 0.05) is 0 Å². The summed E-state index contributed by atoms with van der Waals surface area (Å²) in [6.45, 7) is 5.93. The van der Waals surface area contributed by atoms with E-state index in [2.05, 4.69) is 31.2 Å². The second kappa shape index (κ2) is 11.3. The minimum atomic E-state index is -0.253. The van der Waals surface area contributed by atoms with Crippen molar-refractivity contribution < 1.29 is 14.2 Å². The zero-order valence-electron chi connectivity index (χ0n) is 20.5. The second-order valence-corrected chi connectivity index (χ2v) is 10.6. The lowest BCUT2D eigenvalue weighted by atomic mass is 9.51. The Hall–Kier alpha value is -1.16. The predicted molar refractivity (Wildman–Crippen MR) is 131 cm³/mol. The minimum Gasteiger partial charge on any atom is -0.366 e. The number of rotatable bonds is 11. The van der Waals surface area contributed by atoms with E-state index in [0.29, 0.717) is 30.7 Å². The summed E-state index contributed by atoms with van der Waals surface area (Å²) in [5, 5.41) is 0. The van der Waals surface area contributed by atoms with E-state index in [-0.39, 0.29) is 12.4 Å². The van der Waals surface area contributed by atoms with Crippen molar-refractivity contribution in [3.05, 3.63) is 47.5 Å². The van der Waals surface area contributed by atoms with Gasteiger partial charge in [0.05, 0.1) is 19.8 Å². The van der Waals surface area contributed by atoms with Crippen LogP contribution < -0.4 is 0 Å². The Kier molecular flexibility index (Phi) is 8.48. The van der Waals surface area contributed by atoms with Crippen molar-refractivity contribution >= 4 is 0 Å². The van der Waals surface area contributed by atoms with Gasteiger partial charge in [0.2, 0.25) is 0 Å². The third-order valence-electron chi connectivity index (χ3n) is 8.59. The highest BCUT2D eigenvalue weighted by Gasteiger charge is 2.48. The predicted octanol–water partition coefficient (Wildman–Crippen LogP) is 7.65. The van der Waals surface area contributed by atoms with Gasteiger partial charge in [-0.3, -0.25) is 0 Å².